The maximum Gasteiger partial charge on any atom is 0.128 e. The van der Waals surface area contributed by atoms with E-state index in [1.165, 1.54) is 6.07 Å². The molecule has 12 heavy (non-hydrogen) atoms. The Kier molecular flexibility index (Phi) is 2.36. The molecule has 1 aromatic carbocycles. The lowest BCUT2D eigenvalue weighted by Gasteiger charge is -2.12. The van der Waals surface area contributed by atoms with Gasteiger partial charge in [-0.05, 0) is 24.5 Å². The molecule has 0 saturated heterocycles. The summed E-state index contributed by atoms with van der Waals surface area (Å²) in [6.45, 7) is 5.77. The lowest BCUT2D eigenvalue weighted by Crippen LogP contribution is -2.02. The lowest BCUT2D eigenvalue weighted by molar-refractivity contribution is 0.599. The molecule has 0 aliphatic heterocycles. The monoisotopic (exact) mass is 167 g/mol. The van der Waals surface area contributed by atoms with E-state index in [9.17, 15) is 4.39 Å². The van der Waals surface area contributed by atoms with Crippen molar-refractivity contribution in [2.24, 2.45) is 0 Å². The molecule has 0 heterocycles. The average molecular weight is 167 g/mol. The van der Waals surface area contributed by atoms with Gasteiger partial charge in [0.2, 0.25) is 0 Å². The third kappa shape index (κ3) is 1.42. The first-order valence-electron chi connectivity index (χ1n) is 4.08. The van der Waals surface area contributed by atoms with Crippen molar-refractivity contribution in [3.8, 4) is 0 Å². The van der Waals surface area contributed by atoms with Crippen LogP contribution in [0.25, 0.3) is 0 Å². The first kappa shape index (κ1) is 9.04. The second kappa shape index (κ2) is 3.13. The molecule has 1 nitrogen and oxygen atoms in total. The highest BCUT2D eigenvalue weighted by atomic mass is 19.1. The predicted molar refractivity (Wildman–Crippen MR) is 49.6 cm³/mol. The van der Waals surface area contributed by atoms with Crippen LogP contribution in [0.15, 0.2) is 12.1 Å². The molecule has 0 spiro atoms. The minimum Gasteiger partial charge on any atom is -0.398 e. The zero-order valence-electron chi connectivity index (χ0n) is 7.69. The van der Waals surface area contributed by atoms with Gasteiger partial charge in [-0.2, -0.15) is 0 Å². The van der Waals surface area contributed by atoms with Gasteiger partial charge in [-0.25, -0.2) is 4.39 Å². The molecule has 0 aromatic heterocycles. The second-order valence-electron chi connectivity index (χ2n) is 3.35. The third-order valence-corrected chi connectivity index (χ3v) is 2.03. The Balaban J connectivity index is 3.33. The van der Waals surface area contributed by atoms with E-state index in [2.05, 4.69) is 0 Å². The summed E-state index contributed by atoms with van der Waals surface area (Å²) in [4.78, 5) is 0. The highest BCUT2D eigenvalue weighted by Gasteiger charge is 2.11. The summed E-state index contributed by atoms with van der Waals surface area (Å²) in [5.41, 5.74) is 7.91. The van der Waals surface area contributed by atoms with Gasteiger partial charge in [0.05, 0.1) is 0 Å². The van der Waals surface area contributed by atoms with Gasteiger partial charge in [0.15, 0.2) is 0 Å². The van der Waals surface area contributed by atoms with E-state index in [1.807, 2.05) is 20.8 Å². The molecule has 0 unspecified atom stereocenters. The summed E-state index contributed by atoms with van der Waals surface area (Å²) in [5, 5.41) is 0. The molecule has 0 bridgehead atoms. The topological polar surface area (TPSA) is 26.0 Å². The summed E-state index contributed by atoms with van der Waals surface area (Å²) in [7, 11) is 0. The number of halogens is 1. The van der Waals surface area contributed by atoms with E-state index in [0.717, 1.165) is 5.56 Å². The normalized spacial score (nSPS) is 10.8. The highest BCUT2D eigenvalue weighted by molar-refractivity contribution is 5.54. The average Bonchev–Trinajstić information content (AvgIpc) is 1.97. The smallest absolute Gasteiger partial charge is 0.128 e. The van der Waals surface area contributed by atoms with E-state index in [1.54, 1.807) is 6.07 Å². The van der Waals surface area contributed by atoms with Crippen molar-refractivity contribution in [1.82, 2.24) is 0 Å². The fourth-order valence-corrected chi connectivity index (χ4v) is 1.31. The van der Waals surface area contributed by atoms with E-state index in [-0.39, 0.29) is 11.7 Å². The largest absolute Gasteiger partial charge is 0.398 e. The van der Waals surface area contributed by atoms with Crippen LogP contribution in [0.5, 0.6) is 0 Å². The minimum absolute atomic E-state index is 0.143. The fraction of sp³-hybridized carbons (Fsp3) is 0.400. The maximum absolute atomic E-state index is 13.2. The van der Waals surface area contributed by atoms with Crippen LogP contribution in [0.3, 0.4) is 0 Å². The number of nitrogens with two attached hydrogens (primary N) is 1. The van der Waals surface area contributed by atoms with Crippen LogP contribution < -0.4 is 5.73 Å². The second-order valence-corrected chi connectivity index (χ2v) is 3.35. The molecule has 0 saturated carbocycles. The molecular weight excluding hydrogens is 153 g/mol. The minimum atomic E-state index is -0.201. The van der Waals surface area contributed by atoms with Crippen LogP contribution in [0.1, 0.15) is 30.9 Å². The summed E-state index contributed by atoms with van der Waals surface area (Å²) < 4.78 is 13.2. The Labute approximate surface area is 72.4 Å². The third-order valence-electron chi connectivity index (χ3n) is 2.03. The first-order valence-corrected chi connectivity index (χ1v) is 4.08. The molecule has 66 valence electrons. The van der Waals surface area contributed by atoms with Crippen molar-refractivity contribution < 1.29 is 4.39 Å². The quantitative estimate of drug-likeness (QED) is 0.639. The molecule has 1 rings (SSSR count). The molecule has 0 amide bonds. The summed E-state index contributed by atoms with van der Waals surface area (Å²) in [6, 6.07) is 3.18. The number of aryl methyl sites for hydroxylation is 1. The van der Waals surface area contributed by atoms with Crippen LogP contribution in [0.4, 0.5) is 10.1 Å². The molecule has 0 fully saturated rings. The Morgan fingerprint density at radius 1 is 1.33 bits per heavy atom. The van der Waals surface area contributed by atoms with Gasteiger partial charge in [-0.3, -0.25) is 0 Å². The van der Waals surface area contributed by atoms with Crippen LogP contribution in [0.2, 0.25) is 0 Å². The summed E-state index contributed by atoms with van der Waals surface area (Å²) in [5.74, 6) is -0.0574. The summed E-state index contributed by atoms with van der Waals surface area (Å²) in [6.07, 6.45) is 0. The number of anilines is 1. The number of nitrogen functional groups attached to an aromatic ring is 1. The van der Waals surface area contributed by atoms with Crippen molar-refractivity contribution in [2.45, 2.75) is 26.7 Å². The molecule has 0 aliphatic rings. The van der Waals surface area contributed by atoms with Crippen LogP contribution in [-0.4, -0.2) is 0 Å². The van der Waals surface area contributed by atoms with Crippen molar-refractivity contribution in [1.29, 1.82) is 0 Å². The van der Waals surface area contributed by atoms with Gasteiger partial charge < -0.3 is 5.73 Å². The fourth-order valence-electron chi connectivity index (χ4n) is 1.31. The van der Waals surface area contributed by atoms with Crippen LogP contribution in [-0.2, 0) is 0 Å². The maximum atomic E-state index is 13.2. The number of hydrogen-bond donors (Lipinski definition) is 1. The molecule has 0 atom stereocenters. The van der Waals surface area contributed by atoms with E-state index in [0.29, 0.717) is 11.3 Å². The SMILES string of the molecule is Cc1ccc(F)c(C(C)C)c1N. The zero-order chi connectivity index (χ0) is 9.30. The molecule has 1 aromatic rings. The Morgan fingerprint density at radius 3 is 2.33 bits per heavy atom. The molecule has 2 heteroatoms. The van der Waals surface area contributed by atoms with Crippen molar-refractivity contribution in [3.63, 3.8) is 0 Å². The van der Waals surface area contributed by atoms with E-state index < -0.39 is 0 Å². The molecule has 0 radical (unpaired) electrons. The molecule has 0 aliphatic carbocycles. The standard InChI is InChI=1S/C10H14FN/c1-6(2)9-8(11)5-4-7(3)10(9)12/h4-6H,12H2,1-3H3. The van der Waals surface area contributed by atoms with E-state index in [4.69, 9.17) is 5.73 Å². The number of hydrogen-bond acceptors (Lipinski definition) is 1. The van der Waals surface area contributed by atoms with Gasteiger partial charge in [0.25, 0.3) is 0 Å². The van der Waals surface area contributed by atoms with Gasteiger partial charge in [0, 0.05) is 11.3 Å². The summed E-state index contributed by atoms with van der Waals surface area (Å²) >= 11 is 0. The zero-order valence-corrected chi connectivity index (χ0v) is 7.69. The molecular formula is C10H14FN. The van der Waals surface area contributed by atoms with Crippen LogP contribution in [0, 0.1) is 12.7 Å². The Morgan fingerprint density at radius 2 is 1.92 bits per heavy atom. The first-order chi connectivity index (χ1) is 5.54. The Hall–Kier alpha value is -1.05. The molecule has 2 N–H and O–H groups in total. The predicted octanol–water partition coefficient (Wildman–Crippen LogP) is 2.84. The van der Waals surface area contributed by atoms with Crippen molar-refractivity contribution >= 4 is 5.69 Å². The van der Waals surface area contributed by atoms with Crippen LogP contribution >= 0.6 is 0 Å². The lowest BCUT2D eigenvalue weighted by atomic mass is 9.98. The van der Waals surface area contributed by atoms with E-state index >= 15 is 0 Å². The van der Waals surface area contributed by atoms with Gasteiger partial charge in [-0.1, -0.05) is 19.9 Å². The van der Waals surface area contributed by atoms with Crippen molar-refractivity contribution in [2.75, 3.05) is 5.73 Å². The van der Waals surface area contributed by atoms with Crippen molar-refractivity contribution in [3.05, 3.63) is 29.1 Å². The highest BCUT2D eigenvalue weighted by Crippen LogP contribution is 2.27. The van der Waals surface area contributed by atoms with Gasteiger partial charge in [-0.15, -0.1) is 0 Å². The number of rotatable bonds is 1. The van der Waals surface area contributed by atoms with Gasteiger partial charge in [0.1, 0.15) is 5.82 Å². The Bertz CT molecular complexity index is 292. The van der Waals surface area contributed by atoms with Gasteiger partial charge >= 0.3 is 0 Å². The number of benzene rings is 1.